The summed E-state index contributed by atoms with van der Waals surface area (Å²) in [6, 6.07) is 9.73. The van der Waals surface area contributed by atoms with Gasteiger partial charge in [-0.3, -0.25) is 0 Å². The third kappa shape index (κ3) is 4.82. The van der Waals surface area contributed by atoms with Crippen LogP contribution >= 0.6 is 0 Å². The van der Waals surface area contributed by atoms with Gasteiger partial charge in [0.05, 0.1) is 18.7 Å². The molecule has 2 heterocycles. The SMILES string of the molecule is CC(=O)C[C@@H](C)c1ccc(OC2CN(c3cc(C(F)(F)F)cc(C)n3)C2)cc1. The van der Waals surface area contributed by atoms with Gasteiger partial charge in [-0.2, -0.15) is 13.2 Å². The maximum Gasteiger partial charge on any atom is 0.416 e. The first-order valence-corrected chi connectivity index (χ1v) is 9.18. The third-order valence-electron chi connectivity index (χ3n) is 4.78. The van der Waals surface area contributed by atoms with Crippen molar-refractivity contribution in [3.8, 4) is 5.75 Å². The topological polar surface area (TPSA) is 42.4 Å². The Morgan fingerprint density at radius 1 is 1.25 bits per heavy atom. The molecule has 7 heteroatoms. The predicted molar refractivity (Wildman–Crippen MR) is 101 cm³/mol. The van der Waals surface area contributed by atoms with Crippen LogP contribution in [0, 0.1) is 6.92 Å². The van der Waals surface area contributed by atoms with Crippen molar-refractivity contribution in [3.05, 3.63) is 53.2 Å². The lowest BCUT2D eigenvalue weighted by Crippen LogP contribution is -2.54. The van der Waals surface area contributed by atoms with Crippen LogP contribution in [0.5, 0.6) is 5.75 Å². The number of ketones is 1. The normalized spacial score (nSPS) is 15.9. The predicted octanol–water partition coefficient (Wildman–Crippen LogP) is 4.76. The Balaban J connectivity index is 1.58. The Hall–Kier alpha value is -2.57. The van der Waals surface area contributed by atoms with Crippen molar-refractivity contribution in [3.63, 3.8) is 0 Å². The van der Waals surface area contributed by atoms with E-state index in [0.717, 1.165) is 17.7 Å². The number of halogens is 3. The number of alkyl halides is 3. The Morgan fingerprint density at radius 3 is 2.46 bits per heavy atom. The van der Waals surface area contributed by atoms with Gasteiger partial charge in [0.2, 0.25) is 0 Å². The highest BCUT2D eigenvalue weighted by molar-refractivity contribution is 5.76. The number of ether oxygens (including phenoxy) is 1. The van der Waals surface area contributed by atoms with E-state index in [1.165, 1.54) is 0 Å². The summed E-state index contributed by atoms with van der Waals surface area (Å²) in [6.45, 7) is 6.11. The molecule has 1 aromatic carbocycles. The summed E-state index contributed by atoms with van der Waals surface area (Å²) in [5, 5.41) is 0. The highest BCUT2D eigenvalue weighted by atomic mass is 19.4. The van der Waals surface area contributed by atoms with Crippen molar-refractivity contribution in [2.75, 3.05) is 18.0 Å². The Kier molecular flexibility index (Phi) is 5.63. The second kappa shape index (κ2) is 7.81. The number of hydrogen-bond donors (Lipinski definition) is 0. The minimum atomic E-state index is -4.38. The summed E-state index contributed by atoms with van der Waals surface area (Å²) in [5.74, 6) is 1.33. The highest BCUT2D eigenvalue weighted by Gasteiger charge is 2.34. The standard InChI is InChI=1S/C21H23F3N2O2/c1-13(8-15(3)27)16-4-6-18(7-5-16)28-19-11-26(12-19)20-10-17(21(22,23)24)9-14(2)25-20/h4-7,9-10,13,19H,8,11-12H2,1-3H3/t13-/m1/s1. The van der Waals surface area contributed by atoms with Crippen molar-refractivity contribution < 1.29 is 22.7 Å². The summed E-state index contributed by atoms with van der Waals surface area (Å²) in [4.78, 5) is 17.2. The van der Waals surface area contributed by atoms with Crippen LogP contribution in [-0.2, 0) is 11.0 Å². The molecule has 1 fully saturated rings. The minimum absolute atomic E-state index is 0.0999. The molecule has 1 aliphatic heterocycles. The van der Waals surface area contributed by atoms with E-state index in [2.05, 4.69) is 4.98 Å². The zero-order chi connectivity index (χ0) is 20.5. The van der Waals surface area contributed by atoms with Crippen LogP contribution in [0.2, 0.25) is 0 Å². The van der Waals surface area contributed by atoms with Gasteiger partial charge in [0.1, 0.15) is 23.5 Å². The van der Waals surface area contributed by atoms with Crippen molar-refractivity contribution in [2.24, 2.45) is 0 Å². The molecular weight excluding hydrogens is 369 g/mol. The molecule has 1 atom stereocenters. The smallest absolute Gasteiger partial charge is 0.416 e. The van der Waals surface area contributed by atoms with Gasteiger partial charge in [-0.05, 0) is 49.6 Å². The number of nitrogens with zero attached hydrogens (tertiary/aromatic N) is 2. The number of benzene rings is 1. The van der Waals surface area contributed by atoms with E-state index in [9.17, 15) is 18.0 Å². The van der Waals surface area contributed by atoms with Crippen LogP contribution in [0.1, 0.15) is 43.0 Å². The van der Waals surface area contributed by atoms with Crippen LogP contribution < -0.4 is 9.64 Å². The van der Waals surface area contributed by atoms with E-state index in [0.29, 0.717) is 36.8 Å². The molecule has 0 N–H and O–H groups in total. The van der Waals surface area contributed by atoms with Crippen LogP contribution in [0.4, 0.5) is 19.0 Å². The molecule has 3 rings (SSSR count). The van der Waals surface area contributed by atoms with Gasteiger partial charge >= 0.3 is 6.18 Å². The van der Waals surface area contributed by atoms with Crippen LogP contribution in [0.15, 0.2) is 36.4 Å². The zero-order valence-corrected chi connectivity index (χ0v) is 16.1. The molecule has 0 spiro atoms. The van der Waals surface area contributed by atoms with E-state index in [1.54, 1.807) is 18.7 Å². The fourth-order valence-corrected chi connectivity index (χ4v) is 3.29. The molecule has 0 aliphatic carbocycles. The molecule has 0 unspecified atom stereocenters. The summed E-state index contributed by atoms with van der Waals surface area (Å²) in [6.07, 6.45) is -3.98. The molecule has 0 saturated carbocycles. The largest absolute Gasteiger partial charge is 0.487 e. The first kappa shape index (κ1) is 20.2. The number of carbonyl (C=O) groups excluding carboxylic acids is 1. The van der Waals surface area contributed by atoms with Crippen molar-refractivity contribution in [2.45, 2.75) is 45.4 Å². The van der Waals surface area contributed by atoms with E-state index >= 15 is 0 Å². The number of aromatic nitrogens is 1. The number of rotatable bonds is 6. The number of anilines is 1. The lowest BCUT2D eigenvalue weighted by molar-refractivity contribution is -0.137. The monoisotopic (exact) mass is 392 g/mol. The van der Waals surface area contributed by atoms with Crippen molar-refractivity contribution in [1.29, 1.82) is 0 Å². The van der Waals surface area contributed by atoms with Crippen LogP contribution in [0.25, 0.3) is 0 Å². The van der Waals surface area contributed by atoms with E-state index in [1.807, 2.05) is 31.2 Å². The maximum atomic E-state index is 13.0. The summed E-state index contributed by atoms with van der Waals surface area (Å²) < 4.78 is 44.8. The van der Waals surface area contributed by atoms with Gasteiger partial charge in [-0.1, -0.05) is 19.1 Å². The average molecular weight is 392 g/mol. The first-order chi connectivity index (χ1) is 13.1. The molecule has 1 saturated heterocycles. The molecule has 0 bridgehead atoms. The second-order valence-corrected chi connectivity index (χ2v) is 7.37. The van der Waals surface area contributed by atoms with Gasteiger partial charge < -0.3 is 14.4 Å². The number of Topliss-reactive ketones (excluding diaryl/α,β-unsaturated/α-hetero) is 1. The summed E-state index contributed by atoms with van der Waals surface area (Å²) in [5.41, 5.74) is 0.723. The molecule has 2 aromatic rings. The fourth-order valence-electron chi connectivity index (χ4n) is 3.29. The number of aryl methyl sites for hydroxylation is 1. The van der Waals surface area contributed by atoms with Crippen LogP contribution in [0.3, 0.4) is 0 Å². The molecule has 1 aromatic heterocycles. The molecule has 0 amide bonds. The minimum Gasteiger partial charge on any atom is -0.487 e. The van der Waals surface area contributed by atoms with Crippen molar-refractivity contribution in [1.82, 2.24) is 4.98 Å². The molecule has 0 radical (unpaired) electrons. The second-order valence-electron chi connectivity index (χ2n) is 7.37. The third-order valence-corrected chi connectivity index (χ3v) is 4.78. The molecule has 150 valence electrons. The zero-order valence-electron chi connectivity index (χ0n) is 16.1. The van der Waals surface area contributed by atoms with E-state index < -0.39 is 11.7 Å². The first-order valence-electron chi connectivity index (χ1n) is 9.18. The van der Waals surface area contributed by atoms with Crippen LogP contribution in [-0.4, -0.2) is 30.0 Å². The number of carbonyl (C=O) groups is 1. The van der Waals surface area contributed by atoms with Gasteiger partial charge in [-0.15, -0.1) is 0 Å². The van der Waals surface area contributed by atoms with E-state index in [4.69, 9.17) is 4.74 Å². The number of hydrogen-bond acceptors (Lipinski definition) is 4. The molecule has 28 heavy (non-hydrogen) atoms. The fraction of sp³-hybridized carbons (Fsp3) is 0.429. The van der Waals surface area contributed by atoms with E-state index in [-0.39, 0.29) is 17.8 Å². The van der Waals surface area contributed by atoms with Crippen molar-refractivity contribution >= 4 is 11.6 Å². The van der Waals surface area contributed by atoms with Gasteiger partial charge in [0.15, 0.2) is 0 Å². The average Bonchev–Trinajstić information content (AvgIpc) is 2.56. The summed E-state index contributed by atoms with van der Waals surface area (Å²) >= 11 is 0. The quantitative estimate of drug-likeness (QED) is 0.711. The lowest BCUT2D eigenvalue weighted by atomic mass is 9.96. The number of pyridine rings is 1. The highest BCUT2D eigenvalue weighted by Crippen LogP contribution is 2.33. The van der Waals surface area contributed by atoms with Gasteiger partial charge in [0.25, 0.3) is 0 Å². The molecule has 1 aliphatic rings. The Bertz CT molecular complexity index is 844. The summed E-state index contributed by atoms with van der Waals surface area (Å²) in [7, 11) is 0. The maximum absolute atomic E-state index is 13.0. The van der Waals surface area contributed by atoms with Gasteiger partial charge in [-0.25, -0.2) is 4.98 Å². The molecular formula is C21H23F3N2O2. The van der Waals surface area contributed by atoms with Gasteiger partial charge in [0, 0.05) is 12.1 Å². The Morgan fingerprint density at radius 2 is 1.89 bits per heavy atom. The lowest BCUT2D eigenvalue weighted by Gasteiger charge is -2.40. The molecule has 4 nitrogen and oxygen atoms in total. The Labute approximate surface area is 162 Å².